The van der Waals surface area contributed by atoms with Gasteiger partial charge >= 0.3 is 6.09 Å². The molecule has 9 nitrogen and oxygen atoms in total. The van der Waals surface area contributed by atoms with Gasteiger partial charge in [0.25, 0.3) is 5.69 Å². The van der Waals surface area contributed by atoms with Gasteiger partial charge in [0.05, 0.1) is 34.8 Å². The molecule has 0 atom stereocenters. The quantitative estimate of drug-likeness (QED) is 0.401. The van der Waals surface area contributed by atoms with Crippen LogP contribution in [0.15, 0.2) is 24.3 Å². The maximum Gasteiger partial charge on any atom is 0.411 e. The van der Waals surface area contributed by atoms with Crippen LogP contribution in [0.5, 0.6) is 0 Å². The molecular formula is C22H28N4O5. The lowest BCUT2D eigenvalue weighted by Crippen LogP contribution is -2.44. The number of aromatic nitrogens is 2. The fourth-order valence-electron chi connectivity index (χ4n) is 3.89. The summed E-state index contributed by atoms with van der Waals surface area (Å²) in [7, 11) is 0. The van der Waals surface area contributed by atoms with Crippen molar-refractivity contribution >= 4 is 17.6 Å². The summed E-state index contributed by atoms with van der Waals surface area (Å²) < 4.78 is 7.42. The van der Waals surface area contributed by atoms with Gasteiger partial charge in [-0.15, -0.1) is 0 Å². The Morgan fingerprint density at radius 1 is 1.23 bits per heavy atom. The van der Waals surface area contributed by atoms with Gasteiger partial charge in [-0.2, -0.15) is 5.10 Å². The molecule has 0 aliphatic carbocycles. The molecule has 1 aliphatic heterocycles. The summed E-state index contributed by atoms with van der Waals surface area (Å²) in [5.74, 6) is -0.188. The van der Waals surface area contributed by atoms with Crippen LogP contribution in [0.4, 0.5) is 10.5 Å². The van der Waals surface area contributed by atoms with Gasteiger partial charge in [-0.1, -0.05) is 0 Å². The highest BCUT2D eigenvalue weighted by Gasteiger charge is 2.46. The Bertz CT molecular complexity index is 1030. The number of nitrogens with zero attached hydrogens (tertiary/aromatic N) is 4. The molecule has 166 valence electrons. The van der Waals surface area contributed by atoms with E-state index in [2.05, 4.69) is 5.10 Å². The Balaban J connectivity index is 1.90. The highest BCUT2D eigenvalue weighted by molar-refractivity contribution is 5.97. The standard InChI is InChI=1S/C22H28N4O5/c1-7-25-19-16(13-24(22(19,5)6)20(28)31-21(2,3)4)17(23-25)12-18(27)14-8-10-15(11-9-14)26(29)30/h8-11H,7,12-13H2,1-6H3. The third-order valence-corrected chi connectivity index (χ3v) is 5.35. The van der Waals surface area contributed by atoms with Gasteiger partial charge < -0.3 is 4.74 Å². The average Bonchev–Trinajstić information content (AvgIpc) is 3.15. The van der Waals surface area contributed by atoms with Crippen molar-refractivity contribution in [2.45, 2.75) is 72.2 Å². The van der Waals surface area contributed by atoms with E-state index in [1.165, 1.54) is 24.3 Å². The lowest BCUT2D eigenvalue weighted by Gasteiger charge is -2.34. The van der Waals surface area contributed by atoms with Gasteiger partial charge in [0.2, 0.25) is 0 Å². The van der Waals surface area contributed by atoms with Crippen molar-refractivity contribution in [2.75, 3.05) is 0 Å². The minimum atomic E-state index is -0.644. The van der Waals surface area contributed by atoms with Crippen LogP contribution in [-0.4, -0.2) is 37.1 Å². The predicted molar refractivity (Wildman–Crippen MR) is 114 cm³/mol. The number of carbonyl (C=O) groups excluding carboxylic acids is 2. The second-order valence-corrected chi connectivity index (χ2v) is 9.12. The third-order valence-electron chi connectivity index (χ3n) is 5.35. The Labute approximate surface area is 181 Å². The van der Waals surface area contributed by atoms with E-state index in [9.17, 15) is 19.7 Å². The number of amides is 1. The van der Waals surface area contributed by atoms with Gasteiger partial charge in [0.1, 0.15) is 5.60 Å². The second-order valence-electron chi connectivity index (χ2n) is 9.12. The fourth-order valence-corrected chi connectivity index (χ4v) is 3.89. The molecule has 0 saturated heterocycles. The Morgan fingerprint density at radius 2 is 1.84 bits per heavy atom. The molecule has 0 radical (unpaired) electrons. The van der Waals surface area contributed by atoms with Crippen LogP contribution in [0.2, 0.25) is 0 Å². The summed E-state index contributed by atoms with van der Waals surface area (Å²) in [5.41, 5.74) is 1.41. The van der Waals surface area contributed by atoms with Crippen molar-refractivity contribution in [3.05, 3.63) is 56.9 Å². The molecule has 0 unspecified atom stereocenters. The highest BCUT2D eigenvalue weighted by Crippen LogP contribution is 2.41. The molecule has 0 spiro atoms. The Hall–Kier alpha value is -3.23. The number of rotatable bonds is 5. The number of non-ortho nitro benzene ring substituents is 1. The minimum Gasteiger partial charge on any atom is -0.444 e. The number of nitro benzene ring substituents is 1. The molecule has 2 aromatic rings. The molecule has 1 aromatic carbocycles. The molecule has 1 aromatic heterocycles. The number of nitro groups is 1. The van der Waals surface area contributed by atoms with Gasteiger partial charge in [0.15, 0.2) is 5.78 Å². The van der Waals surface area contributed by atoms with E-state index < -0.39 is 22.2 Å². The van der Waals surface area contributed by atoms with E-state index in [1.807, 2.05) is 46.2 Å². The van der Waals surface area contributed by atoms with Crippen LogP contribution >= 0.6 is 0 Å². The van der Waals surface area contributed by atoms with Gasteiger partial charge in [-0.25, -0.2) is 4.79 Å². The van der Waals surface area contributed by atoms with Gasteiger partial charge in [0, 0.05) is 29.8 Å². The maximum atomic E-state index is 12.8. The van der Waals surface area contributed by atoms with E-state index in [0.717, 1.165) is 11.3 Å². The van der Waals surface area contributed by atoms with Crippen LogP contribution in [0, 0.1) is 10.1 Å². The minimum absolute atomic E-state index is 0.0470. The number of aryl methyl sites for hydroxylation is 1. The highest BCUT2D eigenvalue weighted by atomic mass is 16.6. The third kappa shape index (κ3) is 4.30. The van der Waals surface area contributed by atoms with Crippen molar-refractivity contribution in [3.63, 3.8) is 0 Å². The lowest BCUT2D eigenvalue weighted by atomic mass is 9.98. The van der Waals surface area contributed by atoms with Crippen LogP contribution in [0.3, 0.4) is 0 Å². The zero-order chi connectivity index (χ0) is 23.1. The molecule has 2 heterocycles. The van der Waals surface area contributed by atoms with Crippen molar-refractivity contribution < 1.29 is 19.2 Å². The van der Waals surface area contributed by atoms with Crippen molar-refractivity contribution in [1.82, 2.24) is 14.7 Å². The Morgan fingerprint density at radius 3 is 2.35 bits per heavy atom. The first kappa shape index (κ1) is 22.5. The number of benzene rings is 1. The van der Waals surface area contributed by atoms with Gasteiger partial charge in [-0.05, 0) is 53.7 Å². The normalized spacial score (nSPS) is 15.0. The molecule has 0 fully saturated rings. The molecule has 9 heteroatoms. The molecule has 0 bridgehead atoms. The first-order valence-corrected chi connectivity index (χ1v) is 10.2. The number of Topliss-reactive ketones (excluding diaryl/α,β-unsaturated/α-hetero) is 1. The number of carbonyl (C=O) groups is 2. The van der Waals surface area contributed by atoms with Crippen LogP contribution < -0.4 is 0 Å². The fraction of sp³-hybridized carbons (Fsp3) is 0.500. The largest absolute Gasteiger partial charge is 0.444 e. The summed E-state index contributed by atoms with van der Waals surface area (Å²) in [4.78, 5) is 37.7. The van der Waals surface area contributed by atoms with Crippen molar-refractivity contribution in [2.24, 2.45) is 0 Å². The number of ether oxygens (including phenoxy) is 1. The lowest BCUT2D eigenvalue weighted by molar-refractivity contribution is -0.384. The first-order valence-electron chi connectivity index (χ1n) is 10.2. The number of fused-ring (bicyclic) bond motifs is 1. The second kappa shape index (κ2) is 7.79. The van der Waals surface area contributed by atoms with Crippen LogP contribution in [-0.2, 0) is 29.8 Å². The smallest absolute Gasteiger partial charge is 0.411 e. The summed E-state index contributed by atoms with van der Waals surface area (Å²) in [6.45, 7) is 12.2. The first-order chi connectivity index (χ1) is 14.3. The van der Waals surface area contributed by atoms with Gasteiger partial charge in [-0.3, -0.25) is 24.5 Å². The molecule has 0 N–H and O–H groups in total. The predicted octanol–water partition coefficient (Wildman–Crippen LogP) is 4.22. The van der Waals surface area contributed by atoms with E-state index >= 15 is 0 Å². The SMILES string of the molecule is CCn1nc(CC(=O)c2ccc([N+](=O)[O-])cc2)c2c1C(C)(C)N(C(=O)OC(C)(C)C)C2. The Kier molecular flexibility index (Phi) is 5.64. The number of hydrogen-bond acceptors (Lipinski definition) is 6. The molecule has 31 heavy (non-hydrogen) atoms. The molecule has 0 saturated carbocycles. The average molecular weight is 428 g/mol. The van der Waals surface area contributed by atoms with E-state index in [4.69, 9.17) is 4.74 Å². The molecule has 1 aliphatic rings. The van der Waals surface area contributed by atoms with Crippen LogP contribution in [0.1, 0.15) is 68.9 Å². The van der Waals surface area contributed by atoms with E-state index in [-0.39, 0.29) is 17.9 Å². The topological polar surface area (TPSA) is 108 Å². The number of hydrogen-bond donors (Lipinski definition) is 0. The summed E-state index contributed by atoms with van der Waals surface area (Å²) in [5, 5.41) is 15.5. The molecule has 3 rings (SSSR count). The van der Waals surface area contributed by atoms with E-state index in [1.54, 1.807) is 4.90 Å². The summed E-state index contributed by atoms with van der Waals surface area (Å²) in [6, 6.07) is 5.54. The zero-order valence-electron chi connectivity index (χ0n) is 18.8. The summed E-state index contributed by atoms with van der Waals surface area (Å²) >= 11 is 0. The van der Waals surface area contributed by atoms with Crippen LogP contribution in [0.25, 0.3) is 0 Å². The molecule has 1 amide bonds. The number of ketones is 1. The molecular weight excluding hydrogens is 400 g/mol. The van der Waals surface area contributed by atoms with E-state index in [0.29, 0.717) is 24.3 Å². The summed E-state index contributed by atoms with van der Waals surface area (Å²) in [6.07, 6.45) is -0.366. The van der Waals surface area contributed by atoms with Crippen molar-refractivity contribution in [1.29, 1.82) is 0 Å². The maximum absolute atomic E-state index is 12.8. The zero-order valence-corrected chi connectivity index (χ0v) is 18.8. The monoisotopic (exact) mass is 428 g/mol. The van der Waals surface area contributed by atoms with Crippen molar-refractivity contribution in [3.8, 4) is 0 Å².